The first kappa shape index (κ1) is 23.9. The highest BCUT2D eigenvalue weighted by Gasteiger charge is 2.75. The molecule has 6 heterocycles. The van der Waals surface area contributed by atoms with Crippen molar-refractivity contribution in [3.8, 4) is 0 Å². The molecule has 5 bridgehead atoms. The number of piperidine rings is 4. The van der Waals surface area contributed by atoms with Crippen LogP contribution in [0, 0.1) is 11.8 Å². The number of hydrogen-bond donors (Lipinski definition) is 4. The van der Waals surface area contributed by atoms with Crippen molar-refractivity contribution in [2.24, 2.45) is 16.8 Å². The van der Waals surface area contributed by atoms with Gasteiger partial charge in [0.1, 0.15) is 36.7 Å². The zero-order valence-corrected chi connectivity index (χ0v) is 20.7. The van der Waals surface area contributed by atoms with Crippen molar-refractivity contribution in [1.29, 1.82) is 0 Å². The molecule has 37 heavy (non-hydrogen) atoms. The van der Waals surface area contributed by atoms with Crippen molar-refractivity contribution >= 4 is 17.4 Å². The summed E-state index contributed by atoms with van der Waals surface area (Å²) >= 11 is 0. The third-order valence-corrected chi connectivity index (χ3v) is 9.62. The van der Waals surface area contributed by atoms with Crippen LogP contribution in [0.4, 0.5) is 5.69 Å². The van der Waals surface area contributed by atoms with E-state index in [1.165, 1.54) is 6.92 Å². The lowest BCUT2D eigenvalue weighted by molar-refractivity contribution is -0.328. The molecule has 6 aliphatic heterocycles. The Bertz CT molecular complexity index is 1200. The van der Waals surface area contributed by atoms with Crippen molar-refractivity contribution in [2.45, 2.75) is 87.2 Å². The third-order valence-electron chi connectivity index (χ3n) is 9.62. The van der Waals surface area contributed by atoms with Crippen molar-refractivity contribution in [1.82, 2.24) is 4.90 Å². The number of rotatable bonds is 4. The van der Waals surface area contributed by atoms with Gasteiger partial charge in [-0.15, -0.1) is 0 Å². The number of aliphatic imine (C=N–C) groups is 1. The Morgan fingerprint density at radius 1 is 1.24 bits per heavy atom. The summed E-state index contributed by atoms with van der Waals surface area (Å²) in [5, 5.41) is 40.9. The summed E-state index contributed by atoms with van der Waals surface area (Å²) in [5.74, 6) is -0.176. The second-order valence-electron chi connectivity index (χ2n) is 11.1. The summed E-state index contributed by atoms with van der Waals surface area (Å²) in [6, 6.07) is 8.10. The molecule has 8 rings (SSSR count). The van der Waals surface area contributed by atoms with E-state index in [1.54, 1.807) is 0 Å². The van der Waals surface area contributed by atoms with Gasteiger partial charge < -0.3 is 34.6 Å². The highest BCUT2D eigenvalue weighted by Crippen LogP contribution is 2.67. The van der Waals surface area contributed by atoms with Crippen molar-refractivity contribution in [2.75, 3.05) is 6.61 Å². The fourth-order valence-corrected chi connectivity index (χ4v) is 8.32. The van der Waals surface area contributed by atoms with Gasteiger partial charge in [-0.05, 0) is 42.9 Å². The molecule has 0 amide bonds. The first-order chi connectivity index (χ1) is 17.8. The van der Waals surface area contributed by atoms with E-state index in [1.807, 2.05) is 31.2 Å². The predicted molar refractivity (Wildman–Crippen MR) is 129 cm³/mol. The number of ether oxygens (including phenoxy) is 3. The second-order valence-corrected chi connectivity index (χ2v) is 11.1. The summed E-state index contributed by atoms with van der Waals surface area (Å²) in [7, 11) is 0. The van der Waals surface area contributed by atoms with Crippen LogP contribution in [0.25, 0.3) is 0 Å². The number of benzene rings is 1. The number of hydrogen-bond acceptors (Lipinski definition) is 10. The third kappa shape index (κ3) is 2.95. The Labute approximate surface area is 214 Å². The molecule has 7 aliphatic rings. The highest BCUT2D eigenvalue weighted by atomic mass is 16.7. The zero-order valence-electron chi connectivity index (χ0n) is 20.7. The summed E-state index contributed by atoms with van der Waals surface area (Å²) in [4.78, 5) is 19.8. The maximum absolute atomic E-state index is 12.4. The number of aliphatic hydroxyl groups excluding tert-OH is 4. The molecule has 1 aliphatic carbocycles. The van der Waals surface area contributed by atoms with E-state index in [-0.39, 0.29) is 36.0 Å². The molecule has 1 saturated carbocycles. The van der Waals surface area contributed by atoms with E-state index in [0.29, 0.717) is 0 Å². The van der Waals surface area contributed by atoms with Gasteiger partial charge in [-0.1, -0.05) is 24.3 Å². The summed E-state index contributed by atoms with van der Waals surface area (Å²) in [6.07, 6.45) is -4.07. The normalized spacial score (nSPS) is 49.7. The average molecular weight is 513 g/mol. The molecule has 1 aromatic rings. The number of fused-ring (bicyclic) bond motifs is 2. The number of esters is 1. The predicted octanol–water partition coefficient (Wildman–Crippen LogP) is 0.137. The van der Waals surface area contributed by atoms with Gasteiger partial charge in [0.25, 0.3) is 0 Å². The number of allylic oxidation sites excluding steroid dienone is 1. The van der Waals surface area contributed by atoms with Crippen LogP contribution in [-0.2, 0) is 24.4 Å². The Hall–Kier alpha value is -2.18. The van der Waals surface area contributed by atoms with Crippen LogP contribution in [0.3, 0.4) is 0 Å². The average Bonchev–Trinajstić information content (AvgIpc) is 3.36. The van der Waals surface area contributed by atoms with Crippen LogP contribution in [0.5, 0.6) is 0 Å². The van der Waals surface area contributed by atoms with Gasteiger partial charge in [0.15, 0.2) is 6.29 Å². The Morgan fingerprint density at radius 2 is 2.03 bits per heavy atom. The van der Waals surface area contributed by atoms with Crippen LogP contribution in [0.2, 0.25) is 0 Å². The van der Waals surface area contributed by atoms with E-state index in [9.17, 15) is 25.2 Å². The molecule has 10 nitrogen and oxygen atoms in total. The largest absolute Gasteiger partial charge is 0.461 e. The van der Waals surface area contributed by atoms with E-state index < -0.39 is 49.0 Å². The maximum atomic E-state index is 12.4. The fraction of sp³-hybridized carbons (Fsp3) is 0.630. The Kier molecular flexibility index (Phi) is 5.27. The first-order valence-corrected chi connectivity index (χ1v) is 13.1. The van der Waals surface area contributed by atoms with Crippen molar-refractivity contribution < 1.29 is 39.4 Å². The molecule has 4 N–H and O–H groups in total. The lowest BCUT2D eigenvalue weighted by Crippen LogP contribution is -2.70. The molecule has 9 unspecified atom stereocenters. The number of carbonyl (C=O) groups is 1. The van der Waals surface area contributed by atoms with E-state index in [2.05, 4.69) is 11.0 Å². The molecule has 10 heteroatoms. The molecular formula is C27H32N2O8. The SMILES string of the molecule is CC=C1C2C[C@@H]3C4=Nc5ccccc5[C@]45C[C@@H](C2C5OC(C)=O)N3C1O[C@@H]1OC(CO)C(O)C(O)C1O. The molecule has 13 atom stereocenters. The number of aliphatic hydroxyl groups is 4. The zero-order chi connectivity index (χ0) is 25.8. The second kappa shape index (κ2) is 8.16. The molecule has 0 radical (unpaired) electrons. The summed E-state index contributed by atoms with van der Waals surface area (Å²) < 4.78 is 18.3. The van der Waals surface area contributed by atoms with Gasteiger partial charge in [0.2, 0.25) is 0 Å². The number of carbonyl (C=O) groups excluding carboxylic acids is 1. The number of nitrogens with zero attached hydrogens (tertiary/aromatic N) is 2. The lowest BCUT2D eigenvalue weighted by Gasteiger charge is -2.59. The van der Waals surface area contributed by atoms with Crippen molar-refractivity contribution in [3.05, 3.63) is 41.5 Å². The van der Waals surface area contributed by atoms with E-state index >= 15 is 0 Å². The van der Waals surface area contributed by atoms with Gasteiger partial charge in [-0.3, -0.25) is 14.7 Å². The fourth-order valence-electron chi connectivity index (χ4n) is 8.32. The van der Waals surface area contributed by atoms with Gasteiger partial charge in [0, 0.05) is 18.9 Å². The summed E-state index contributed by atoms with van der Waals surface area (Å²) in [5.41, 5.74) is 3.57. The topological polar surface area (TPSA) is 141 Å². The van der Waals surface area contributed by atoms with Crippen LogP contribution in [-0.4, -0.2) is 98.7 Å². The lowest BCUT2D eigenvalue weighted by atomic mass is 9.66. The van der Waals surface area contributed by atoms with Crippen LogP contribution in [0.1, 0.15) is 32.3 Å². The molecular weight excluding hydrogens is 480 g/mol. The van der Waals surface area contributed by atoms with Gasteiger partial charge >= 0.3 is 5.97 Å². The minimum Gasteiger partial charge on any atom is -0.461 e. The molecule has 0 aromatic heterocycles. The van der Waals surface area contributed by atoms with Crippen molar-refractivity contribution in [3.63, 3.8) is 0 Å². The van der Waals surface area contributed by atoms with Crippen LogP contribution in [0.15, 0.2) is 40.9 Å². The molecule has 1 spiro atoms. The molecule has 198 valence electrons. The van der Waals surface area contributed by atoms with E-state index in [4.69, 9.17) is 19.2 Å². The smallest absolute Gasteiger partial charge is 0.302 e. The maximum Gasteiger partial charge on any atom is 0.302 e. The Morgan fingerprint density at radius 3 is 2.76 bits per heavy atom. The number of para-hydroxylation sites is 1. The van der Waals surface area contributed by atoms with Gasteiger partial charge in [-0.25, -0.2) is 0 Å². The van der Waals surface area contributed by atoms with Crippen LogP contribution >= 0.6 is 0 Å². The van der Waals surface area contributed by atoms with E-state index in [0.717, 1.165) is 35.4 Å². The standard InChI is InChI=1S/C27H32N2O8/c1-3-12-13-8-16-23-27(14-6-4-5-7-15(14)28-23)9-17(19(13)24(27)35-11(2)31)29(16)25(12)37-26-22(34)21(33)20(32)18(10-30)36-26/h3-7,13,16-22,24-26,30,32-34H,8-10H2,1-2H3/t13?,16-,17+,18?,19?,20?,21?,22?,24?,25?,26+,27-/m1/s1. The highest BCUT2D eigenvalue weighted by molar-refractivity contribution is 6.08. The minimum absolute atomic E-state index is 0.0495. The van der Waals surface area contributed by atoms with Gasteiger partial charge in [0.05, 0.1) is 29.5 Å². The summed E-state index contributed by atoms with van der Waals surface area (Å²) in [6.45, 7) is 2.89. The Balaban J connectivity index is 1.30. The molecule has 1 aromatic carbocycles. The molecule has 5 saturated heterocycles. The van der Waals surface area contributed by atoms with Gasteiger partial charge in [-0.2, -0.15) is 0 Å². The first-order valence-electron chi connectivity index (χ1n) is 13.1. The molecule has 6 fully saturated rings. The van der Waals surface area contributed by atoms with Crippen LogP contribution < -0.4 is 0 Å². The quantitative estimate of drug-likeness (QED) is 0.327. The monoisotopic (exact) mass is 512 g/mol. The minimum atomic E-state index is -1.52.